The number of nitrogens with zero attached hydrogens (tertiary/aromatic N) is 1. The predicted molar refractivity (Wildman–Crippen MR) is 66.3 cm³/mol. The van der Waals surface area contributed by atoms with E-state index in [2.05, 4.69) is 6.92 Å². The third-order valence-electron chi connectivity index (χ3n) is 3.14. The molecule has 3 nitrogen and oxygen atoms in total. The summed E-state index contributed by atoms with van der Waals surface area (Å²) in [5, 5.41) is 0. The SMILES string of the molecule is C[C@@H]1CCCN(S(C)(=O)=O)c2ccccc21. The maximum absolute atomic E-state index is 11.7. The molecule has 2 rings (SSSR count). The normalized spacial score (nSPS) is 21.4. The summed E-state index contributed by atoms with van der Waals surface area (Å²) in [6, 6.07) is 7.80. The van der Waals surface area contributed by atoms with Crippen LogP contribution in [-0.2, 0) is 10.0 Å². The minimum absolute atomic E-state index is 0.433. The van der Waals surface area contributed by atoms with Crippen LogP contribution in [0.5, 0.6) is 0 Å². The summed E-state index contributed by atoms with van der Waals surface area (Å²) in [7, 11) is -3.15. The lowest BCUT2D eigenvalue weighted by Gasteiger charge is -2.22. The van der Waals surface area contributed by atoms with E-state index < -0.39 is 10.0 Å². The Hall–Kier alpha value is -1.03. The zero-order valence-electron chi connectivity index (χ0n) is 9.68. The van der Waals surface area contributed by atoms with Crippen LogP contribution in [0.1, 0.15) is 31.2 Å². The van der Waals surface area contributed by atoms with Gasteiger partial charge in [-0.15, -0.1) is 0 Å². The molecule has 0 saturated carbocycles. The molecule has 0 spiro atoms. The molecular formula is C12H17NO2S. The molecule has 0 N–H and O–H groups in total. The molecule has 88 valence electrons. The van der Waals surface area contributed by atoms with E-state index in [0.29, 0.717) is 12.5 Å². The Morgan fingerprint density at radius 2 is 2.00 bits per heavy atom. The van der Waals surface area contributed by atoms with Gasteiger partial charge in [0.15, 0.2) is 0 Å². The van der Waals surface area contributed by atoms with Crippen molar-refractivity contribution < 1.29 is 8.42 Å². The van der Waals surface area contributed by atoms with E-state index in [-0.39, 0.29) is 0 Å². The van der Waals surface area contributed by atoms with Crippen molar-refractivity contribution >= 4 is 15.7 Å². The van der Waals surface area contributed by atoms with Gasteiger partial charge in [-0.05, 0) is 30.4 Å². The molecule has 0 radical (unpaired) electrons. The maximum Gasteiger partial charge on any atom is 0.232 e. The first kappa shape index (κ1) is 11.5. The van der Waals surface area contributed by atoms with Crippen molar-refractivity contribution in [3.63, 3.8) is 0 Å². The van der Waals surface area contributed by atoms with E-state index in [1.165, 1.54) is 10.6 Å². The Balaban J connectivity index is 2.56. The monoisotopic (exact) mass is 239 g/mol. The first-order chi connectivity index (χ1) is 7.50. The van der Waals surface area contributed by atoms with Gasteiger partial charge in [-0.2, -0.15) is 0 Å². The van der Waals surface area contributed by atoms with Crippen molar-refractivity contribution in [2.24, 2.45) is 0 Å². The molecule has 0 amide bonds. The maximum atomic E-state index is 11.7. The van der Waals surface area contributed by atoms with Crippen LogP contribution in [0.25, 0.3) is 0 Å². The van der Waals surface area contributed by atoms with Crippen LogP contribution in [0.2, 0.25) is 0 Å². The van der Waals surface area contributed by atoms with Gasteiger partial charge >= 0.3 is 0 Å². The highest BCUT2D eigenvalue weighted by atomic mass is 32.2. The zero-order chi connectivity index (χ0) is 11.8. The van der Waals surface area contributed by atoms with Gasteiger partial charge in [-0.3, -0.25) is 4.31 Å². The summed E-state index contributed by atoms with van der Waals surface area (Å²) in [5.41, 5.74) is 2.00. The van der Waals surface area contributed by atoms with Gasteiger partial charge in [0.05, 0.1) is 11.9 Å². The molecule has 1 aliphatic heterocycles. The Labute approximate surface area is 97.1 Å². The van der Waals surface area contributed by atoms with Gasteiger partial charge in [0, 0.05) is 6.54 Å². The first-order valence-corrected chi connectivity index (χ1v) is 7.41. The van der Waals surface area contributed by atoms with E-state index >= 15 is 0 Å². The lowest BCUT2D eigenvalue weighted by molar-refractivity contribution is 0.593. The molecule has 0 saturated heterocycles. The average molecular weight is 239 g/mol. The highest BCUT2D eigenvalue weighted by Crippen LogP contribution is 2.34. The molecule has 16 heavy (non-hydrogen) atoms. The minimum atomic E-state index is -3.15. The van der Waals surface area contributed by atoms with Crippen molar-refractivity contribution in [3.8, 4) is 0 Å². The Morgan fingerprint density at radius 3 is 2.69 bits per heavy atom. The van der Waals surface area contributed by atoms with E-state index in [1.54, 1.807) is 0 Å². The molecular weight excluding hydrogens is 222 g/mol. The van der Waals surface area contributed by atoms with Crippen molar-refractivity contribution in [1.82, 2.24) is 0 Å². The van der Waals surface area contributed by atoms with Gasteiger partial charge < -0.3 is 0 Å². The number of sulfonamides is 1. The summed E-state index contributed by atoms with van der Waals surface area (Å²) in [5.74, 6) is 0.433. The Bertz CT molecular complexity index is 482. The molecule has 0 aromatic heterocycles. The average Bonchev–Trinajstić information content (AvgIpc) is 2.38. The lowest BCUT2D eigenvalue weighted by Crippen LogP contribution is -2.30. The molecule has 1 atom stereocenters. The third kappa shape index (κ3) is 2.07. The largest absolute Gasteiger partial charge is 0.270 e. The molecule has 0 bridgehead atoms. The second-order valence-electron chi connectivity index (χ2n) is 4.44. The molecule has 0 aliphatic carbocycles. The van der Waals surface area contributed by atoms with Crippen LogP contribution >= 0.6 is 0 Å². The van der Waals surface area contributed by atoms with Crippen LogP contribution in [-0.4, -0.2) is 21.2 Å². The molecule has 1 heterocycles. The molecule has 1 aromatic carbocycles. The van der Waals surface area contributed by atoms with Crippen LogP contribution in [0.4, 0.5) is 5.69 Å². The summed E-state index contributed by atoms with van der Waals surface area (Å²) >= 11 is 0. The van der Waals surface area contributed by atoms with E-state index in [0.717, 1.165) is 24.1 Å². The number of para-hydroxylation sites is 1. The Morgan fingerprint density at radius 1 is 1.31 bits per heavy atom. The van der Waals surface area contributed by atoms with Crippen molar-refractivity contribution in [1.29, 1.82) is 0 Å². The zero-order valence-corrected chi connectivity index (χ0v) is 10.5. The number of benzene rings is 1. The summed E-state index contributed by atoms with van der Waals surface area (Å²) in [4.78, 5) is 0. The van der Waals surface area contributed by atoms with Gasteiger partial charge in [0.1, 0.15) is 0 Å². The van der Waals surface area contributed by atoms with Crippen LogP contribution in [0, 0.1) is 0 Å². The number of fused-ring (bicyclic) bond motifs is 1. The van der Waals surface area contributed by atoms with Crippen LogP contribution in [0.3, 0.4) is 0 Å². The smallest absolute Gasteiger partial charge is 0.232 e. The Kier molecular flexibility index (Phi) is 2.93. The van der Waals surface area contributed by atoms with Gasteiger partial charge in [-0.25, -0.2) is 8.42 Å². The predicted octanol–water partition coefficient (Wildman–Crippen LogP) is 2.35. The number of anilines is 1. The number of hydrogen-bond acceptors (Lipinski definition) is 2. The lowest BCUT2D eigenvalue weighted by atomic mass is 9.96. The molecule has 0 unspecified atom stereocenters. The standard InChI is InChI=1S/C12H17NO2S/c1-10-6-5-9-13(16(2,14)15)12-8-4-3-7-11(10)12/h3-4,7-8,10H,5-6,9H2,1-2H3/t10-/m1/s1. The fourth-order valence-corrected chi connectivity index (χ4v) is 3.28. The summed E-state index contributed by atoms with van der Waals surface area (Å²) < 4.78 is 25.0. The van der Waals surface area contributed by atoms with E-state index in [9.17, 15) is 8.42 Å². The summed E-state index contributed by atoms with van der Waals surface area (Å²) in [6.45, 7) is 2.75. The molecule has 0 fully saturated rings. The molecule has 4 heteroatoms. The fourth-order valence-electron chi connectivity index (χ4n) is 2.29. The van der Waals surface area contributed by atoms with Gasteiger partial charge in [-0.1, -0.05) is 25.1 Å². The minimum Gasteiger partial charge on any atom is -0.270 e. The highest BCUT2D eigenvalue weighted by Gasteiger charge is 2.24. The molecule has 1 aliphatic rings. The third-order valence-corrected chi connectivity index (χ3v) is 4.31. The first-order valence-electron chi connectivity index (χ1n) is 5.57. The van der Waals surface area contributed by atoms with Crippen LogP contribution < -0.4 is 4.31 Å². The van der Waals surface area contributed by atoms with Gasteiger partial charge in [0.25, 0.3) is 0 Å². The van der Waals surface area contributed by atoms with Crippen LogP contribution in [0.15, 0.2) is 24.3 Å². The fraction of sp³-hybridized carbons (Fsp3) is 0.500. The van der Waals surface area contributed by atoms with Crippen molar-refractivity contribution in [3.05, 3.63) is 29.8 Å². The number of hydrogen-bond donors (Lipinski definition) is 0. The van der Waals surface area contributed by atoms with Crippen molar-refractivity contribution in [2.75, 3.05) is 17.1 Å². The topological polar surface area (TPSA) is 37.4 Å². The highest BCUT2D eigenvalue weighted by molar-refractivity contribution is 7.92. The van der Waals surface area contributed by atoms with Gasteiger partial charge in [0.2, 0.25) is 10.0 Å². The second-order valence-corrected chi connectivity index (χ2v) is 6.34. The van der Waals surface area contributed by atoms with Crippen molar-refractivity contribution in [2.45, 2.75) is 25.7 Å². The molecule has 1 aromatic rings. The number of rotatable bonds is 1. The van der Waals surface area contributed by atoms with E-state index in [4.69, 9.17) is 0 Å². The van der Waals surface area contributed by atoms with E-state index in [1.807, 2.05) is 24.3 Å². The quantitative estimate of drug-likeness (QED) is 0.754. The second kappa shape index (κ2) is 4.09. The summed E-state index contributed by atoms with van der Waals surface area (Å²) in [6.07, 6.45) is 3.24.